The maximum Gasteiger partial charge on any atom is 0.271 e. The molecule has 0 unspecified atom stereocenters. The van der Waals surface area contributed by atoms with Crippen molar-refractivity contribution >= 4 is 33.1 Å². The number of nitrogens with one attached hydrogen (secondary N) is 1. The summed E-state index contributed by atoms with van der Waals surface area (Å²) in [4.78, 5) is 30.7. The first-order valence-corrected chi connectivity index (χ1v) is 9.22. The molecule has 0 bridgehead atoms. The molecule has 7 nitrogen and oxygen atoms in total. The van der Waals surface area contributed by atoms with Gasteiger partial charge < -0.3 is 14.8 Å². The number of carbonyl (C=O) groups is 1. The predicted molar refractivity (Wildman–Crippen MR) is 107 cm³/mol. The Morgan fingerprint density at radius 1 is 1.26 bits per heavy atom. The SMILES string of the molecule is COc1ccc(OC)c(NC(=O)c2c(C)sc3c(=O)n(C(C)C)cnc23)c1. The fourth-order valence-electron chi connectivity index (χ4n) is 2.82. The molecule has 3 aromatic rings. The standard InChI is InChI=1S/C19H21N3O4S/c1-10(2)22-9-20-16-15(11(3)27-17(16)19(22)24)18(23)21-13-8-12(25-4)6-7-14(13)26-5/h6-10H,1-5H3,(H,21,23). The molecule has 142 valence electrons. The molecule has 1 aromatic carbocycles. The number of aryl methyl sites for hydroxylation is 1. The Kier molecular flexibility index (Phi) is 5.18. The highest BCUT2D eigenvalue weighted by Crippen LogP contribution is 2.32. The van der Waals surface area contributed by atoms with Crippen LogP contribution < -0.4 is 20.3 Å². The van der Waals surface area contributed by atoms with Crippen molar-refractivity contribution in [1.29, 1.82) is 0 Å². The van der Waals surface area contributed by atoms with Crippen molar-refractivity contribution in [3.63, 3.8) is 0 Å². The van der Waals surface area contributed by atoms with Crippen LogP contribution in [0.3, 0.4) is 0 Å². The van der Waals surface area contributed by atoms with Crippen LogP contribution in [0.25, 0.3) is 10.2 Å². The van der Waals surface area contributed by atoms with E-state index in [1.165, 1.54) is 24.8 Å². The van der Waals surface area contributed by atoms with Crippen molar-refractivity contribution < 1.29 is 14.3 Å². The lowest BCUT2D eigenvalue weighted by Crippen LogP contribution is -2.22. The Balaban J connectivity index is 2.06. The summed E-state index contributed by atoms with van der Waals surface area (Å²) in [6.45, 7) is 5.64. The number of methoxy groups -OCH3 is 2. The Morgan fingerprint density at radius 3 is 2.63 bits per heavy atom. The molecule has 0 spiro atoms. The van der Waals surface area contributed by atoms with E-state index in [1.807, 2.05) is 20.8 Å². The average Bonchev–Trinajstić information content (AvgIpc) is 2.98. The highest BCUT2D eigenvalue weighted by molar-refractivity contribution is 7.19. The summed E-state index contributed by atoms with van der Waals surface area (Å²) in [7, 11) is 3.08. The van der Waals surface area contributed by atoms with Gasteiger partial charge in [-0.3, -0.25) is 14.2 Å². The molecule has 0 aliphatic heterocycles. The summed E-state index contributed by atoms with van der Waals surface area (Å²) in [5.41, 5.74) is 1.16. The number of anilines is 1. The molecular formula is C19H21N3O4S. The van der Waals surface area contributed by atoms with Gasteiger partial charge in [-0.05, 0) is 32.9 Å². The quantitative estimate of drug-likeness (QED) is 0.723. The van der Waals surface area contributed by atoms with E-state index >= 15 is 0 Å². The first-order valence-electron chi connectivity index (χ1n) is 8.41. The van der Waals surface area contributed by atoms with E-state index in [4.69, 9.17) is 9.47 Å². The van der Waals surface area contributed by atoms with Crippen molar-refractivity contribution in [1.82, 2.24) is 9.55 Å². The zero-order chi connectivity index (χ0) is 19.7. The van der Waals surface area contributed by atoms with Gasteiger partial charge in [-0.2, -0.15) is 0 Å². The molecule has 27 heavy (non-hydrogen) atoms. The summed E-state index contributed by atoms with van der Waals surface area (Å²) in [5, 5.41) is 2.84. The second kappa shape index (κ2) is 7.40. The van der Waals surface area contributed by atoms with Crippen LogP contribution in [-0.4, -0.2) is 29.7 Å². The number of benzene rings is 1. The molecule has 0 radical (unpaired) electrons. The van der Waals surface area contributed by atoms with Crippen molar-refractivity contribution in [2.75, 3.05) is 19.5 Å². The molecule has 0 aliphatic rings. The van der Waals surface area contributed by atoms with E-state index in [9.17, 15) is 9.59 Å². The van der Waals surface area contributed by atoms with Gasteiger partial charge in [0.1, 0.15) is 21.7 Å². The van der Waals surface area contributed by atoms with Crippen LogP contribution in [0.15, 0.2) is 29.3 Å². The van der Waals surface area contributed by atoms with Crippen LogP contribution in [0.5, 0.6) is 11.5 Å². The second-order valence-corrected chi connectivity index (χ2v) is 7.51. The van der Waals surface area contributed by atoms with E-state index in [2.05, 4.69) is 10.3 Å². The third kappa shape index (κ3) is 3.40. The Bertz CT molecular complexity index is 1070. The largest absolute Gasteiger partial charge is 0.497 e. The maximum absolute atomic E-state index is 13.0. The van der Waals surface area contributed by atoms with E-state index in [0.29, 0.717) is 33.0 Å². The minimum absolute atomic E-state index is 0.00451. The summed E-state index contributed by atoms with van der Waals surface area (Å²) in [6, 6.07) is 5.14. The number of carbonyl (C=O) groups excluding carboxylic acids is 1. The van der Waals surface area contributed by atoms with Crippen LogP contribution in [0.1, 0.15) is 35.1 Å². The second-order valence-electron chi connectivity index (χ2n) is 6.28. The van der Waals surface area contributed by atoms with E-state index in [1.54, 1.807) is 29.9 Å². The molecule has 8 heteroatoms. The number of fused-ring (bicyclic) bond motifs is 1. The first-order chi connectivity index (χ1) is 12.9. The molecule has 0 fully saturated rings. The van der Waals surface area contributed by atoms with Gasteiger partial charge in [0.2, 0.25) is 0 Å². The van der Waals surface area contributed by atoms with Gasteiger partial charge >= 0.3 is 0 Å². The third-order valence-corrected chi connectivity index (χ3v) is 5.32. The summed E-state index contributed by atoms with van der Waals surface area (Å²) >= 11 is 1.28. The minimum Gasteiger partial charge on any atom is -0.497 e. The van der Waals surface area contributed by atoms with Crippen molar-refractivity contribution in [2.24, 2.45) is 0 Å². The number of ether oxygens (including phenoxy) is 2. The van der Waals surface area contributed by atoms with E-state index < -0.39 is 0 Å². The van der Waals surface area contributed by atoms with Crippen LogP contribution in [-0.2, 0) is 0 Å². The molecule has 1 amide bonds. The minimum atomic E-state index is -0.348. The average molecular weight is 387 g/mol. The third-order valence-electron chi connectivity index (χ3n) is 4.24. The number of thiophene rings is 1. The number of rotatable bonds is 5. The molecule has 0 aliphatic carbocycles. The van der Waals surface area contributed by atoms with Crippen molar-refractivity contribution in [3.05, 3.63) is 45.3 Å². The Morgan fingerprint density at radius 2 is 2.00 bits per heavy atom. The number of aromatic nitrogens is 2. The number of amides is 1. The van der Waals surface area contributed by atoms with E-state index in [0.717, 1.165) is 4.88 Å². The van der Waals surface area contributed by atoms with Crippen LogP contribution >= 0.6 is 11.3 Å². The molecular weight excluding hydrogens is 366 g/mol. The normalized spacial score (nSPS) is 11.0. The molecule has 2 heterocycles. The monoisotopic (exact) mass is 387 g/mol. The van der Waals surface area contributed by atoms with Crippen LogP contribution in [0.4, 0.5) is 5.69 Å². The first kappa shape index (κ1) is 18.9. The van der Waals surface area contributed by atoms with Gasteiger partial charge in [-0.25, -0.2) is 4.98 Å². The zero-order valence-corrected chi connectivity index (χ0v) is 16.6. The van der Waals surface area contributed by atoms with Gasteiger partial charge in [0, 0.05) is 17.0 Å². The molecule has 0 atom stereocenters. The molecule has 0 saturated carbocycles. The van der Waals surface area contributed by atoms with Gasteiger partial charge in [-0.1, -0.05) is 0 Å². The van der Waals surface area contributed by atoms with Crippen LogP contribution in [0, 0.1) is 6.92 Å². The topological polar surface area (TPSA) is 82.5 Å². The molecule has 3 rings (SSSR count). The smallest absolute Gasteiger partial charge is 0.271 e. The van der Waals surface area contributed by atoms with Crippen LogP contribution in [0.2, 0.25) is 0 Å². The molecule has 0 saturated heterocycles. The summed E-state index contributed by atoms with van der Waals surface area (Å²) in [5.74, 6) is 0.756. The molecule has 1 N–H and O–H groups in total. The summed E-state index contributed by atoms with van der Waals surface area (Å²) in [6.07, 6.45) is 1.49. The maximum atomic E-state index is 13.0. The van der Waals surface area contributed by atoms with E-state index in [-0.39, 0.29) is 17.5 Å². The van der Waals surface area contributed by atoms with Crippen molar-refractivity contribution in [2.45, 2.75) is 26.8 Å². The highest BCUT2D eigenvalue weighted by Gasteiger charge is 2.22. The molecule has 2 aromatic heterocycles. The van der Waals surface area contributed by atoms with Crippen molar-refractivity contribution in [3.8, 4) is 11.5 Å². The Labute approximate surface area is 160 Å². The fraction of sp³-hybridized carbons (Fsp3) is 0.316. The highest BCUT2D eigenvalue weighted by atomic mass is 32.1. The number of hydrogen-bond acceptors (Lipinski definition) is 6. The fourth-order valence-corrected chi connectivity index (χ4v) is 3.86. The lowest BCUT2D eigenvalue weighted by atomic mass is 10.2. The lowest BCUT2D eigenvalue weighted by molar-refractivity contribution is 0.102. The lowest BCUT2D eigenvalue weighted by Gasteiger charge is -2.12. The van der Waals surface area contributed by atoms with Gasteiger partial charge in [0.15, 0.2) is 0 Å². The number of hydrogen-bond donors (Lipinski definition) is 1. The predicted octanol–water partition coefficient (Wildman–Crippen LogP) is 3.62. The number of nitrogens with zero attached hydrogens (tertiary/aromatic N) is 2. The summed E-state index contributed by atoms with van der Waals surface area (Å²) < 4.78 is 12.6. The van der Waals surface area contributed by atoms with Gasteiger partial charge in [0.05, 0.1) is 31.8 Å². The van der Waals surface area contributed by atoms with Gasteiger partial charge in [0.25, 0.3) is 11.5 Å². The Hall–Kier alpha value is -2.87. The zero-order valence-electron chi connectivity index (χ0n) is 15.8. The van der Waals surface area contributed by atoms with Gasteiger partial charge in [-0.15, -0.1) is 11.3 Å².